The molecule has 0 fully saturated rings. The molecule has 44 heavy (non-hydrogen) atoms. The maximum Gasteiger partial charge on any atom is 0.0784 e. The van der Waals surface area contributed by atoms with Gasteiger partial charge in [0.1, 0.15) is 0 Å². The second-order valence-corrected chi connectivity index (χ2v) is 15.9. The van der Waals surface area contributed by atoms with E-state index in [1.165, 1.54) is 242 Å². The van der Waals surface area contributed by atoms with Crippen molar-refractivity contribution in [2.75, 3.05) is 26.7 Å². The van der Waals surface area contributed by atoms with Crippen molar-refractivity contribution in [3.05, 3.63) is 0 Å². The lowest BCUT2D eigenvalue weighted by Crippen LogP contribution is -2.46. The van der Waals surface area contributed by atoms with E-state index >= 15 is 0 Å². The minimum atomic E-state index is 0.856. The van der Waals surface area contributed by atoms with Gasteiger partial charge in [-0.1, -0.05) is 207 Å². The van der Waals surface area contributed by atoms with Crippen LogP contribution in [0.4, 0.5) is 0 Å². The molecule has 0 atom stereocenters. The Morgan fingerprint density at radius 3 is 0.727 bits per heavy atom. The van der Waals surface area contributed by atoms with Gasteiger partial charge in [-0.2, -0.15) is 0 Å². The summed E-state index contributed by atoms with van der Waals surface area (Å²) in [5, 5.41) is 0. The average Bonchev–Trinajstić information content (AvgIpc) is 3.00. The van der Waals surface area contributed by atoms with Gasteiger partial charge in [0.25, 0.3) is 0 Å². The van der Waals surface area contributed by atoms with E-state index in [2.05, 4.69) is 34.7 Å². The van der Waals surface area contributed by atoms with Crippen LogP contribution in [0.1, 0.15) is 246 Å². The molecule has 0 bridgehead atoms. The fraction of sp³-hybridized carbons (Fsp3) is 1.00. The van der Waals surface area contributed by atoms with Gasteiger partial charge in [-0.05, 0) is 44.4 Å². The van der Waals surface area contributed by atoms with Crippen molar-refractivity contribution in [1.29, 1.82) is 0 Å². The van der Waals surface area contributed by atoms with Crippen LogP contribution in [-0.4, -0.2) is 31.2 Å². The Morgan fingerprint density at radius 1 is 0.295 bits per heavy atom. The van der Waals surface area contributed by atoms with E-state index in [9.17, 15) is 0 Å². The largest absolute Gasteiger partial charge is 0.326 e. The molecule has 0 aromatic heterocycles. The van der Waals surface area contributed by atoms with Crippen LogP contribution in [0.25, 0.3) is 0 Å². The van der Waals surface area contributed by atoms with Crippen LogP contribution >= 0.6 is 0 Å². The Hall–Kier alpha value is -0.0400. The fourth-order valence-electron chi connectivity index (χ4n) is 7.30. The minimum Gasteiger partial charge on any atom is -0.326 e. The van der Waals surface area contributed by atoms with E-state index in [1.807, 2.05) is 0 Å². The lowest BCUT2D eigenvalue weighted by molar-refractivity contribution is -0.910. The summed E-state index contributed by atoms with van der Waals surface area (Å²) in [7, 11) is 2.59. The molecule has 0 amide bonds. The molecule has 0 aliphatic carbocycles. The molecule has 1 nitrogen and oxygen atoms in total. The average molecular weight is 621 g/mol. The Kier molecular flexibility index (Phi) is 35.8. The van der Waals surface area contributed by atoms with Crippen molar-refractivity contribution >= 4 is 0 Å². The van der Waals surface area contributed by atoms with Crippen molar-refractivity contribution in [2.45, 2.75) is 246 Å². The summed E-state index contributed by atoms with van der Waals surface area (Å²) in [5.41, 5.74) is 0. The number of nitrogens with zero attached hydrogens (tertiary/aromatic N) is 1. The second kappa shape index (κ2) is 35.8. The van der Waals surface area contributed by atoms with Crippen LogP contribution in [-0.2, 0) is 0 Å². The molecule has 266 valence electrons. The van der Waals surface area contributed by atoms with Crippen LogP contribution in [0.15, 0.2) is 0 Å². The van der Waals surface area contributed by atoms with E-state index in [-0.39, 0.29) is 0 Å². The van der Waals surface area contributed by atoms with Gasteiger partial charge in [0.05, 0.1) is 26.7 Å². The first-order valence-corrected chi connectivity index (χ1v) is 21.4. The molecule has 0 heterocycles. The molecule has 0 aliphatic rings. The van der Waals surface area contributed by atoms with Gasteiger partial charge < -0.3 is 4.48 Å². The third-order valence-corrected chi connectivity index (χ3v) is 10.6. The molecule has 1 heteroatoms. The van der Waals surface area contributed by atoms with E-state index in [0.717, 1.165) is 5.92 Å². The SMILES string of the molecule is CCCCCCCCCCCCCCCCCC[N+](C)(CCCCCCCCCCCCCCCCCC)CCCC(C)C. The Labute approximate surface area is 282 Å². The van der Waals surface area contributed by atoms with Gasteiger partial charge in [0.15, 0.2) is 0 Å². The summed E-state index contributed by atoms with van der Waals surface area (Å²) < 4.78 is 1.35. The smallest absolute Gasteiger partial charge is 0.0784 e. The molecular formula is C43H90N+. The predicted molar refractivity (Wildman–Crippen MR) is 204 cm³/mol. The van der Waals surface area contributed by atoms with E-state index in [1.54, 1.807) is 0 Å². The summed E-state index contributed by atoms with van der Waals surface area (Å²) in [6.07, 6.45) is 49.8. The quantitative estimate of drug-likeness (QED) is 0.0476. The lowest BCUT2D eigenvalue weighted by Gasteiger charge is -2.35. The first kappa shape index (κ1) is 44.0. The zero-order chi connectivity index (χ0) is 32.2. The van der Waals surface area contributed by atoms with Crippen LogP contribution in [0.5, 0.6) is 0 Å². The minimum absolute atomic E-state index is 0.856. The Bertz CT molecular complexity index is 475. The molecule has 0 N–H and O–H groups in total. The van der Waals surface area contributed by atoms with Gasteiger partial charge in [-0.15, -0.1) is 0 Å². The van der Waals surface area contributed by atoms with Gasteiger partial charge in [-0.25, -0.2) is 0 Å². The van der Waals surface area contributed by atoms with Crippen molar-refractivity contribution < 1.29 is 4.48 Å². The van der Waals surface area contributed by atoms with Gasteiger partial charge in [-0.3, -0.25) is 0 Å². The first-order valence-electron chi connectivity index (χ1n) is 21.4. The van der Waals surface area contributed by atoms with Crippen LogP contribution in [0.2, 0.25) is 0 Å². The molecule has 0 aromatic rings. The highest BCUT2D eigenvalue weighted by Gasteiger charge is 2.20. The van der Waals surface area contributed by atoms with Gasteiger partial charge in [0, 0.05) is 0 Å². The van der Waals surface area contributed by atoms with Crippen molar-refractivity contribution in [2.24, 2.45) is 5.92 Å². The third-order valence-electron chi connectivity index (χ3n) is 10.6. The van der Waals surface area contributed by atoms with E-state index in [4.69, 9.17) is 0 Å². The second-order valence-electron chi connectivity index (χ2n) is 15.9. The zero-order valence-electron chi connectivity index (χ0n) is 32.2. The fourth-order valence-corrected chi connectivity index (χ4v) is 7.30. The molecule has 0 saturated carbocycles. The topological polar surface area (TPSA) is 0 Å². The van der Waals surface area contributed by atoms with Crippen molar-refractivity contribution in [3.8, 4) is 0 Å². The summed E-state index contributed by atoms with van der Waals surface area (Å²) >= 11 is 0. The van der Waals surface area contributed by atoms with Gasteiger partial charge >= 0.3 is 0 Å². The highest BCUT2D eigenvalue weighted by atomic mass is 15.3. The molecule has 0 radical (unpaired) electrons. The Balaban J connectivity index is 3.75. The van der Waals surface area contributed by atoms with E-state index in [0.29, 0.717) is 0 Å². The molecular weight excluding hydrogens is 530 g/mol. The highest BCUT2D eigenvalue weighted by molar-refractivity contribution is 4.54. The molecule has 0 aromatic carbocycles. The predicted octanol–water partition coefficient (Wildman–Crippen LogP) is 15.4. The maximum atomic E-state index is 2.59. The first-order chi connectivity index (χ1) is 21.5. The third kappa shape index (κ3) is 34.8. The summed E-state index contributed by atoms with van der Waals surface area (Å²) in [4.78, 5) is 0. The standard InChI is InChI=1S/C43H90N/c1-6-8-10-12-14-16-18-20-22-24-26-28-30-32-34-36-40-44(5,42-38-39-43(3)4)41-37-35-33-31-29-27-25-23-21-19-17-15-13-11-9-7-2/h43H,6-42H2,1-5H3/q+1. The Morgan fingerprint density at radius 2 is 0.500 bits per heavy atom. The number of unbranched alkanes of at least 4 members (excludes halogenated alkanes) is 30. The van der Waals surface area contributed by atoms with Crippen LogP contribution in [0, 0.1) is 5.92 Å². The summed E-state index contributed by atoms with van der Waals surface area (Å²) in [6.45, 7) is 13.7. The number of rotatable bonds is 38. The monoisotopic (exact) mass is 621 g/mol. The zero-order valence-corrected chi connectivity index (χ0v) is 32.2. The van der Waals surface area contributed by atoms with Gasteiger partial charge in [0.2, 0.25) is 0 Å². The number of hydrogen-bond acceptors (Lipinski definition) is 0. The number of hydrogen-bond donors (Lipinski definition) is 0. The molecule has 0 spiro atoms. The lowest BCUT2D eigenvalue weighted by atomic mass is 10.0. The maximum absolute atomic E-state index is 2.59. The van der Waals surface area contributed by atoms with Crippen molar-refractivity contribution in [1.82, 2.24) is 0 Å². The molecule has 0 rings (SSSR count). The molecule has 0 aliphatic heterocycles. The molecule has 0 unspecified atom stereocenters. The highest BCUT2D eigenvalue weighted by Crippen LogP contribution is 2.18. The van der Waals surface area contributed by atoms with Crippen LogP contribution in [0.3, 0.4) is 0 Å². The molecule has 0 saturated heterocycles. The van der Waals surface area contributed by atoms with Crippen molar-refractivity contribution in [3.63, 3.8) is 0 Å². The summed E-state index contributed by atoms with van der Waals surface area (Å²) in [5.74, 6) is 0.856. The summed E-state index contributed by atoms with van der Waals surface area (Å²) in [6, 6.07) is 0. The van der Waals surface area contributed by atoms with E-state index < -0.39 is 0 Å². The normalized spacial score (nSPS) is 12.1. The number of quaternary nitrogens is 1. The van der Waals surface area contributed by atoms with Crippen LogP contribution < -0.4 is 0 Å².